The second kappa shape index (κ2) is 6.63. The van der Waals surface area contributed by atoms with Crippen LogP contribution in [0.2, 0.25) is 5.02 Å². The summed E-state index contributed by atoms with van der Waals surface area (Å²) in [6, 6.07) is 7.44. The van der Waals surface area contributed by atoms with Gasteiger partial charge >= 0.3 is 0 Å². The molecule has 0 aliphatic carbocycles. The number of unbranched alkanes of at least 4 members (excludes halogenated alkanes) is 1. The Bertz CT molecular complexity index is 571. The average Bonchev–Trinajstić information content (AvgIpc) is 2.85. The van der Waals surface area contributed by atoms with Gasteiger partial charge in [0, 0.05) is 12.0 Å². The summed E-state index contributed by atoms with van der Waals surface area (Å²) in [5.41, 5.74) is 0.829. The van der Waals surface area contributed by atoms with E-state index in [1.165, 1.54) is 11.3 Å². The number of benzene rings is 1. The lowest BCUT2D eigenvalue weighted by Crippen LogP contribution is -2.10. The Labute approximate surface area is 120 Å². The van der Waals surface area contributed by atoms with Gasteiger partial charge in [-0.2, -0.15) is 0 Å². The van der Waals surface area contributed by atoms with Crippen LogP contribution in [0.5, 0.6) is 0 Å². The molecular weight excluding hydrogens is 282 g/mol. The first kappa shape index (κ1) is 14.0. The average molecular weight is 296 g/mol. The predicted octanol–water partition coefficient (Wildman–Crippen LogP) is 3.99. The molecule has 0 radical (unpaired) electrons. The van der Waals surface area contributed by atoms with Gasteiger partial charge in [0.1, 0.15) is 0 Å². The minimum atomic E-state index is -0.0243. The zero-order chi connectivity index (χ0) is 13.7. The number of nitrogens with zero attached hydrogens (tertiary/aromatic N) is 2. The van der Waals surface area contributed by atoms with E-state index >= 15 is 0 Å². The number of hydrogen-bond donors (Lipinski definition) is 1. The third-order valence-electron chi connectivity index (χ3n) is 2.53. The van der Waals surface area contributed by atoms with Crippen LogP contribution in [0.1, 0.15) is 26.2 Å². The first-order valence-corrected chi connectivity index (χ1v) is 7.28. The highest BCUT2D eigenvalue weighted by atomic mass is 35.5. The molecule has 0 bridgehead atoms. The second-order valence-electron chi connectivity index (χ2n) is 4.04. The first-order chi connectivity index (χ1) is 9.20. The van der Waals surface area contributed by atoms with Crippen LogP contribution >= 0.6 is 22.9 Å². The van der Waals surface area contributed by atoms with Crippen molar-refractivity contribution >= 4 is 34.0 Å². The molecule has 0 saturated heterocycles. The van der Waals surface area contributed by atoms with Crippen LogP contribution in [0, 0.1) is 0 Å². The van der Waals surface area contributed by atoms with Crippen molar-refractivity contribution in [3.8, 4) is 10.6 Å². The summed E-state index contributed by atoms with van der Waals surface area (Å²) in [5.74, 6) is -0.0243. The van der Waals surface area contributed by atoms with Crippen molar-refractivity contribution in [1.82, 2.24) is 10.2 Å². The zero-order valence-electron chi connectivity index (χ0n) is 10.5. The van der Waals surface area contributed by atoms with Crippen molar-refractivity contribution in [1.29, 1.82) is 0 Å². The normalized spacial score (nSPS) is 10.4. The number of hydrogen-bond acceptors (Lipinski definition) is 4. The molecule has 0 unspecified atom stereocenters. The summed E-state index contributed by atoms with van der Waals surface area (Å²) >= 11 is 7.42. The lowest BCUT2D eigenvalue weighted by molar-refractivity contribution is -0.116. The van der Waals surface area contributed by atoms with Gasteiger partial charge < -0.3 is 5.32 Å². The Morgan fingerprint density at radius 3 is 2.89 bits per heavy atom. The van der Waals surface area contributed by atoms with Crippen molar-refractivity contribution in [2.24, 2.45) is 0 Å². The maximum atomic E-state index is 11.6. The molecule has 1 aromatic heterocycles. The second-order valence-corrected chi connectivity index (χ2v) is 5.43. The highest BCUT2D eigenvalue weighted by molar-refractivity contribution is 7.18. The van der Waals surface area contributed by atoms with Gasteiger partial charge in [-0.15, -0.1) is 10.2 Å². The molecule has 0 saturated carbocycles. The number of carbonyl (C=O) groups excluding carboxylic acids is 1. The molecule has 2 rings (SSSR count). The number of carbonyl (C=O) groups is 1. The van der Waals surface area contributed by atoms with Crippen LogP contribution in [0.4, 0.5) is 5.13 Å². The van der Waals surface area contributed by atoms with Gasteiger partial charge in [0.05, 0.1) is 5.02 Å². The predicted molar refractivity (Wildman–Crippen MR) is 78.5 cm³/mol. The van der Waals surface area contributed by atoms with E-state index in [-0.39, 0.29) is 5.91 Å². The molecule has 4 nitrogen and oxygen atoms in total. The van der Waals surface area contributed by atoms with Gasteiger partial charge in [0.25, 0.3) is 0 Å². The standard InChI is InChI=1S/C13H14ClN3OS/c1-2-3-8-11(18)15-13-17-16-12(19-13)9-6-4-5-7-10(9)14/h4-7H,2-3,8H2,1H3,(H,15,17,18). The Morgan fingerprint density at radius 2 is 2.16 bits per heavy atom. The smallest absolute Gasteiger partial charge is 0.226 e. The number of amides is 1. The van der Waals surface area contributed by atoms with E-state index in [1.54, 1.807) is 6.07 Å². The van der Waals surface area contributed by atoms with Crippen LogP contribution < -0.4 is 5.32 Å². The molecule has 0 spiro atoms. The molecule has 2 aromatic rings. The van der Waals surface area contributed by atoms with E-state index in [4.69, 9.17) is 11.6 Å². The molecule has 6 heteroatoms. The number of aromatic nitrogens is 2. The summed E-state index contributed by atoms with van der Waals surface area (Å²) in [5, 5.41) is 12.6. The van der Waals surface area contributed by atoms with E-state index in [0.29, 0.717) is 21.6 Å². The number of rotatable bonds is 5. The molecule has 1 amide bonds. The minimum absolute atomic E-state index is 0.0243. The fraction of sp³-hybridized carbons (Fsp3) is 0.308. The van der Waals surface area contributed by atoms with Crippen molar-refractivity contribution < 1.29 is 4.79 Å². The highest BCUT2D eigenvalue weighted by Gasteiger charge is 2.11. The van der Waals surface area contributed by atoms with E-state index < -0.39 is 0 Å². The molecule has 1 N–H and O–H groups in total. The fourth-order valence-corrected chi connectivity index (χ4v) is 2.62. The van der Waals surface area contributed by atoms with E-state index in [0.717, 1.165) is 18.4 Å². The lowest BCUT2D eigenvalue weighted by Gasteiger charge is -1.99. The molecule has 100 valence electrons. The molecule has 0 atom stereocenters. The van der Waals surface area contributed by atoms with Gasteiger partial charge in [0.15, 0.2) is 5.01 Å². The van der Waals surface area contributed by atoms with Crippen LogP contribution in [0.25, 0.3) is 10.6 Å². The molecule has 0 aliphatic heterocycles. The van der Waals surface area contributed by atoms with Crippen molar-refractivity contribution in [2.75, 3.05) is 5.32 Å². The molecule has 0 fully saturated rings. The maximum absolute atomic E-state index is 11.6. The lowest BCUT2D eigenvalue weighted by atomic mass is 10.2. The number of nitrogens with one attached hydrogen (secondary N) is 1. The Balaban J connectivity index is 2.07. The minimum Gasteiger partial charge on any atom is -0.301 e. The number of halogens is 1. The van der Waals surface area contributed by atoms with Gasteiger partial charge in [-0.3, -0.25) is 4.79 Å². The third-order valence-corrected chi connectivity index (χ3v) is 3.73. The van der Waals surface area contributed by atoms with Crippen LogP contribution in [-0.4, -0.2) is 16.1 Å². The summed E-state index contributed by atoms with van der Waals surface area (Å²) in [7, 11) is 0. The largest absolute Gasteiger partial charge is 0.301 e. The first-order valence-electron chi connectivity index (χ1n) is 6.09. The molecule has 1 aromatic carbocycles. The number of anilines is 1. The van der Waals surface area contributed by atoms with Gasteiger partial charge in [0.2, 0.25) is 11.0 Å². The fourth-order valence-electron chi connectivity index (χ4n) is 1.54. The molecular formula is C13H14ClN3OS. The zero-order valence-corrected chi connectivity index (χ0v) is 12.1. The Hall–Kier alpha value is -1.46. The van der Waals surface area contributed by atoms with Crippen LogP contribution in [0.15, 0.2) is 24.3 Å². The molecule has 1 heterocycles. The Morgan fingerprint density at radius 1 is 1.37 bits per heavy atom. The summed E-state index contributed by atoms with van der Waals surface area (Å²) in [6.07, 6.45) is 2.38. The van der Waals surface area contributed by atoms with Crippen molar-refractivity contribution in [2.45, 2.75) is 26.2 Å². The third kappa shape index (κ3) is 3.75. The topological polar surface area (TPSA) is 54.9 Å². The van der Waals surface area contributed by atoms with Crippen LogP contribution in [-0.2, 0) is 4.79 Å². The monoisotopic (exact) mass is 295 g/mol. The summed E-state index contributed by atoms with van der Waals surface area (Å²) in [6.45, 7) is 2.05. The maximum Gasteiger partial charge on any atom is 0.226 e. The quantitative estimate of drug-likeness (QED) is 0.907. The summed E-state index contributed by atoms with van der Waals surface area (Å²) in [4.78, 5) is 11.6. The summed E-state index contributed by atoms with van der Waals surface area (Å²) < 4.78 is 0. The van der Waals surface area contributed by atoms with Crippen LogP contribution in [0.3, 0.4) is 0 Å². The van der Waals surface area contributed by atoms with E-state index in [1.807, 2.05) is 25.1 Å². The SMILES string of the molecule is CCCCC(=O)Nc1nnc(-c2ccccc2Cl)s1. The van der Waals surface area contributed by atoms with Crippen molar-refractivity contribution in [3.63, 3.8) is 0 Å². The molecule has 0 aliphatic rings. The van der Waals surface area contributed by atoms with Gasteiger partial charge in [-0.1, -0.05) is 54.5 Å². The molecule has 19 heavy (non-hydrogen) atoms. The Kier molecular flexibility index (Phi) is 4.87. The van der Waals surface area contributed by atoms with E-state index in [9.17, 15) is 4.79 Å². The van der Waals surface area contributed by atoms with Crippen molar-refractivity contribution in [3.05, 3.63) is 29.3 Å². The van der Waals surface area contributed by atoms with Gasteiger partial charge in [-0.25, -0.2) is 0 Å². The van der Waals surface area contributed by atoms with E-state index in [2.05, 4.69) is 15.5 Å². The highest BCUT2D eigenvalue weighted by Crippen LogP contribution is 2.31. The van der Waals surface area contributed by atoms with Gasteiger partial charge in [-0.05, 0) is 12.5 Å².